The lowest BCUT2D eigenvalue weighted by atomic mass is 9.87. The zero-order chi connectivity index (χ0) is 26.0. The third-order valence-corrected chi connectivity index (χ3v) is 6.99. The molecule has 192 valence electrons. The van der Waals surface area contributed by atoms with Gasteiger partial charge in [-0.05, 0) is 92.7 Å². The van der Waals surface area contributed by atoms with Crippen LogP contribution in [0.1, 0.15) is 64.1 Å². The van der Waals surface area contributed by atoms with E-state index in [2.05, 4.69) is 28.8 Å². The maximum absolute atomic E-state index is 13.0. The molecule has 0 saturated carbocycles. The second kappa shape index (κ2) is 13.0. The van der Waals surface area contributed by atoms with Crippen LogP contribution >= 0.6 is 0 Å². The van der Waals surface area contributed by atoms with Crippen LogP contribution in [-0.4, -0.2) is 49.4 Å². The molecule has 1 aliphatic rings. The van der Waals surface area contributed by atoms with Gasteiger partial charge in [-0.1, -0.05) is 60.2 Å². The molecule has 1 fully saturated rings. The molecule has 1 heterocycles. The van der Waals surface area contributed by atoms with Crippen LogP contribution in [0.25, 0.3) is 5.57 Å². The van der Waals surface area contributed by atoms with Gasteiger partial charge in [0.25, 0.3) is 11.8 Å². The molecule has 1 aliphatic heterocycles. The largest absolute Gasteiger partial charge is 0.352 e. The van der Waals surface area contributed by atoms with Crippen LogP contribution in [0, 0.1) is 0 Å². The first-order valence-electron chi connectivity index (χ1n) is 13.4. The van der Waals surface area contributed by atoms with Crippen molar-refractivity contribution >= 4 is 17.4 Å². The number of amides is 2. The maximum Gasteiger partial charge on any atom is 0.253 e. The Balaban J connectivity index is 1.58. The number of hydrogen-bond acceptors (Lipinski definition) is 3. The second-order valence-corrected chi connectivity index (χ2v) is 9.36. The molecule has 0 spiro atoms. The van der Waals surface area contributed by atoms with E-state index in [9.17, 15) is 9.59 Å². The van der Waals surface area contributed by atoms with Crippen LogP contribution in [-0.2, 0) is 6.42 Å². The second-order valence-electron chi connectivity index (χ2n) is 9.36. The van der Waals surface area contributed by atoms with Gasteiger partial charge < -0.3 is 15.5 Å². The molecule has 0 radical (unpaired) electrons. The third kappa shape index (κ3) is 6.75. The van der Waals surface area contributed by atoms with Gasteiger partial charge in [-0.3, -0.25) is 9.59 Å². The normalized spacial score (nSPS) is 13.2. The van der Waals surface area contributed by atoms with Gasteiger partial charge in [0, 0.05) is 30.8 Å². The van der Waals surface area contributed by atoms with Crippen molar-refractivity contribution in [2.75, 3.05) is 32.7 Å². The van der Waals surface area contributed by atoms with Crippen LogP contribution < -0.4 is 10.6 Å². The summed E-state index contributed by atoms with van der Waals surface area (Å²) < 4.78 is 0. The van der Waals surface area contributed by atoms with Crippen LogP contribution in [0.3, 0.4) is 0 Å². The fraction of sp³-hybridized carbons (Fsp3) is 0.312. The van der Waals surface area contributed by atoms with E-state index >= 15 is 0 Å². The zero-order valence-electron chi connectivity index (χ0n) is 21.9. The highest BCUT2D eigenvalue weighted by molar-refractivity contribution is 5.97. The zero-order valence-corrected chi connectivity index (χ0v) is 21.9. The Bertz CT molecular complexity index is 1220. The van der Waals surface area contributed by atoms with E-state index in [-0.39, 0.29) is 11.8 Å². The van der Waals surface area contributed by atoms with Gasteiger partial charge in [-0.2, -0.15) is 0 Å². The Morgan fingerprint density at radius 2 is 1.43 bits per heavy atom. The first kappa shape index (κ1) is 26.4. The topological polar surface area (TPSA) is 61.4 Å². The SMILES string of the molecule is CCN(CC)C(=O)c1ccc(C(=C2CCNCC2)c2cccc(C(=O)NCCc3ccccc3)c2)cc1. The lowest BCUT2D eigenvalue weighted by Gasteiger charge is -2.22. The molecule has 2 amide bonds. The maximum atomic E-state index is 13.0. The predicted molar refractivity (Wildman–Crippen MR) is 151 cm³/mol. The monoisotopic (exact) mass is 495 g/mol. The molecular formula is C32H37N3O2. The first-order valence-corrected chi connectivity index (χ1v) is 13.4. The summed E-state index contributed by atoms with van der Waals surface area (Å²) in [5.74, 6) is -0.00519. The van der Waals surface area contributed by atoms with Gasteiger partial charge in [-0.25, -0.2) is 0 Å². The fourth-order valence-electron chi connectivity index (χ4n) is 4.91. The molecule has 5 heteroatoms. The highest BCUT2D eigenvalue weighted by atomic mass is 16.2. The summed E-state index contributed by atoms with van der Waals surface area (Å²) in [7, 11) is 0. The molecule has 0 atom stereocenters. The van der Waals surface area contributed by atoms with E-state index in [0.29, 0.717) is 30.8 Å². The summed E-state index contributed by atoms with van der Waals surface area (Å²) in [5.41, 5.74) is 7.23. The number of rotatable bonds is 9. The van der Waals surface area contributed by atoms with Crippen LogP contribution in [0.15, 0.2) is 84.4 Å². The Morgan fingerprint density at radius 3 is 2.11 bits per heavy atom. The number of carbonyl (C=O) groups excluding carboxylic acids is 2. The smallest absolute Gasteiger partial charge is 0.253 e. The van der Waals surface area contributed by atoms with Gasteiger partial charge in [0.2, 0.25) is 0 Å². The number of hydrogen-bond donors (Lipinski definition) is 2. The lowest BCUT2D eigenvalue weighted by Crippen LogP contribution is -2.30. The van der Waals surface area contributed by atoms with Gasteiger partial charge in [0.15, 0.2) is 0 Å². The minimum atomic E-state index is -0.0624. The van der Waals surface area contributed by atoms with E-state index in [1.54, 1.807) is 0 Å². The summed E-state index contributed by atoms with van der Waals surface area (Å²) in [6, 6.07) is 26.0. The third-order valence-electron chi connectivity index (χ3n) is 6.99. The summed E-state index contributed by atoms with van der Waals surface area (Å²) in [6.07, 6.45) is 2.72. The van der Waals surface area contributed by atoms with Crippen LogP contribution in [0.4, 0.5) is 0 Å². The van der Waals surface area contributed by atoms with Crippen molar-refractivity contribution in [3.8, 4) is 0 Å². The number of nitrogens with one attached hydrogen (secondary N) is 2. The van der Waals surface area contributed by atoms with Gasteiger partial charge in [0.1, 0.15) is 0 Å². The van der Waals surface area contributed by atoms with Gasteiger partial charge >= 0.3 is 0 Å². The standard InChI is InChI=1S/C32H37N3O2/c1-3-35(4-2)32(37)27-15-13-25(14-16-27)30(26-18-20-33-21-19-26)28-11-8-12-29(23-28)31(36)34-22-17-24-9-6-5-7-10-24/h5-16,23,33H,3-4,17-22H2,1-2H3,(H,34,36). The average molecular weight is 496 g/mol. The van der Waals surface area contributed by atoms with Crippen molar-refractivity contribution < 1.29 is 9.59 Å². The van der Waals surface area contributed by atoms with E-state index in [0.717, 1.165) is 43.5 Å². The number of carbonyl (C=O) groups is 2. The molecule has 5 nitrogen and oxygen atoms in total. The highest BCUT2D eigenvalue weighted by Crippen LogP contribution is 2.32. The Labute approximate surface area is 220 Å². The van der Waals surface area contributed by atoms with Gasteiger partial charge in [0.05, 0.1) is 0 Å². The molecule has 2 N–H and O–H groups in total. The molecule has 3 aromatic rings. The summed E-state index contributed by atoms with van der Waals surface area (Å²) in [4.78, 5) is 27.6. The van der Waals surface area contributed by atoms with E-state index in [1.165, 1.54) is 16.7 Å². The predicted octanol–water partition coefficient (Wildman–Crippen LogP) is 5.33. The average Bonchev–Trinajstić information content (AvgIpc) is 2.95. The van der Waals surface area contributed by atoms with Crippen molar-refractivity contribution in [1.82, 2.24) is 15.5 Å². The Kier molecular flexibility index (Phi) is 9.28. The van der Waals surface area contributed by atoms with Crippen molar-refractivity contribution in [3.63, 3.8) is 0 Å². The van der Waals surface area contributed by atoms with E-state index in [1.807, 2.05) is 79.4 Å². The molecule has 0 aromatic heterocycles. The molecular weight excluding hydrogens is 458 g/mol. The van der Waals surface area contributed by atoms with Gasteiger partial charge in [-0.15, -0.1) is 0 Å². The molecule has 37 heavy (non-hydrogen) atoms. The number of benzene rings is 3. The molecule has 1 saturated heterocycles. The molecule has 0 bridgehead atoms. The fourth-order valence-corrected chi connectivity index (χ4v) is 4.91. The minimum absolute atomic E-state index is 0.0572. The Morgan fingerprint density at radius 1 is 0.784 bits per heavy atom. The Hall–Kier alpha value is -3.70. The molecule has 4 rings (SSSR count). The molecule has 0 unspecified atom stereocenters. The highest BCUT2D eigenvalue weighted by Gasteiger charge is 2.18. The van der Waals surface area contributed by atoms with Crippen molar-refractivity contribution in [2.45, 2.75) is 33.1 Å². The number of piperidine rings is 1. The van der Waals surface area contributed by atoms with Crippen molar-refractivity contribution in [1.29, 1.82) is 0 Å². The quantitative estimate of drug-likeness (QED) is 0.422. The summed E-state index contributed by atoms with van der Waals surface area (Å²) >= 11 is 0. The van der Waals surface area contributed by atoms with Crippen molar-refractivity contribution in [2.24, 2.45) is 0 Å². The lowest BCUT2D eigenvalue weighted by molar-refractivity contribution is 0.0772. The number of nitrogens with zero attached hydrogens (tertiary/aromatic N) is 1. The summed E-state index contributed by atoms with van der Waals surface area (Å²) in [5, 5.41) is 6.51. The summed E-state index contributed by atoms with van der Waals surface area (Å²) in [6.45, 7) is 7.86. The first-order chi connectivity index (χ1) is 18.1. The van der Waals surface area contributed by atoms with Crippen molar-refractivity contribution in [3.05, 3.63) is 112 Å². The van der Waals surface area contributed by atoms with E-state index in [4.69, 9.17) is 0 Å². The van der Waals surface area contributed by atoms with Crippen LogP contribution in [0.5, 0.6) is 0 Å². The van der Waals surface area contributed by atoms with E-state index < -0.39 is 0 Å². The molecule has 0 aliphatic carbocycles. The minimum Gasteiger partial charge on any atom is -0.352 e. The molecule has 3 aromatic carbocycles. The van der Waals surface area contributed by atoms with Crippen LogP contribution in [0.2, 0.25) is 0 Å².